The molecule has 35 heavy (non-hydrogen) atoms. The number of nitrogens with zero attached hydrogens (tertiary/aromatic N) is 2. The van der Waals surface area contributed by atoms with E-state index in [0.717, 1.165) is 35.0 Å². The third kappa shape index (κ3) is 6.32. The second-order valence-corrected chi connectivity index (χ2v) is 9.35. The van der Waals surface area contributed by atoms with Gasteiger partial charge in [-0.3, -0.25) is 14.7 Å². The Balaban J connectivity index is 1.38. The normalized spacial score (nSPS) is 19.1. The largest absolute Gasteiger partial charge is 0.497 e. The van der Waals surface area contributed by atoms with Crippen molar-refractivity contribution < 1.29 is 19.7 Å². The minimum absolute atomic E-state index is 0.00178. The van der Waals surface area contributed by atoms with E-state index in [1.54, 1.807) is 19.4 Å². The molecule has 0 radical (unpaired) electrons. The molecule has 182 valence electrons. The van der Waals surface area contributed by atoms with Crippen LogP contribution in [0, 0.1) is 23.7 Å². The Bertz CT molecular complexity index is 1250. The summed E-state index contributed by atoms with van der Waals surface area (Å²) in [7, 11) is 1.61. The van der Waals surface area contributed by atoms with Crippen LogP contribution in [0.3, 0.4) is 0 Å². The fourth-order valence-electron chi connectivity index (χ4n) is 4.75. The van der Waals surface area contributed by atoms with E-state index >= 15 is 0 Å². The van der Waals surface area contributed by atoms with Crippen molar-refractivity contribution in [3.05, 3.63) is 70.9 Å². The number of aliphatic hydroxyl groups is 1. The number of aliphatic carboxylic acids is 1. The molecule has 2 heterocycles. The number of methoxy groups -OCH3 is 1. The van der Waals surface area contributed by atoms with Crippen molar-refractivity contribution >= 4 is 28.5 Å². The molecule has 0 saturated carbocycles. The van der Waals surface area contributed by atoms with Gasteiger partial charge in [-0.2, -0.15) is 0 Å². The number of carboxylic acids is 1. The third-order valence-electron chi connectivity index (χ3n) is 6.67. The van der Waals surface area contributed by atoms with Gasteiger partial charge in [0.2, 0.25) is 0 Å². The van der Waals surface area contributed by atoms with Gasteiger partial charge >= 0.3 is 5.97 Å². The highest BCUT2D eigenvalue weighted by Crippen LogP contribution is 2.33. The molecule has 1 saturated heterocycles. The first kappa shape index (κ1) is 25.0. The summed E-state index contributed by atoms with van der Waals surface area (Å²) in [6, 6.07) is 14.8. The SMILES string of the molecule is COc1ccc2nccc(C(O)CC[C@@H]3CCN(CC#Cc4cccc(Cl)c4)C[C@@H]3C(=O)O)c2c1. The fraction of sp³-hybridized carbons (Fsp3) is 0.357. The molecule has 2 N–H and O–H groups in total. The van der Waals surface area contributed by atoms with E-state index in [1.807, 2.05) is 42.5 Å². The van der Waals surface area contributed by atoms with Gasteiger partial charge in [0, 0.05) is 28.7 Å². The zero-order valence-electron chi connectivity index (χ0n) is 19.7. The molecular weight excluding hydrogens is 464 g/mol. The molecule has 1 unspecified atom stereocenters. The van der Waals surface area contributed by atoms with Gasteiger partial charge in [0.1, 0.15) is 5.75 Å². The lowest BCUT2D eigenvalue weighted by molar-refractivity contribution is -0.146. The van der Waals surface area contributed by atoms with E-state index in [-0.39, 0.29) is 5.92 Å². The first-order valence-electron chi connectivity index (χ1n) is 11.7. The molecule has 0 bridgehead atoms. The lowest BCUT2D eigenvalue weighted by atomic mass is 9.81. The van der Waals surface area contributed by atoms with Crippen LogP contribution < -0.4 is 4.74 Å². The number of carbonyl (C=O) groups is 1. The topological polar surface area (TPSA) is 82.9 Å². The predicted octanol–water partition coefficient (Wildman–Crippen LogP) is 4.78. The van der Waals surface area contributed by atoms with Crippen molar-refractivity contribution in [1.82, 2.24) is 9.88 Å². The second kappa shape index (κ2) is 11.5. The molecule has 3 atom stereocenters. The third-order valence-corrected chi connectivity index (χ3v) is 6.90. The maximum Gasteiger partial charge on any atom is 0.308 e. The van der Waals surface area contributed by atoms with Crippen molar-refractivity contribution in [3.63, 3.8) is 0 Å². The van der Waals surface area contributed by atoms with Crippen LogP contribution in [-0.4, -0.2) is 52.8 Å². The summed E-state index contributed by atoms with van der Waals surface area (Å²) < 4.78 is 5.33. The number of aromatic nitrogens is 1. The van der Waals surface area contributed by atoms with Crippen LogP contribution in [-0.2, 0) is 4.79 Å². The second-order valence-electron chi connectivity index (χ2n) is 8.92. The van der Waals surface area contributed by atoms with Crippen LogP contribution in [0.2, 0.25) is 5.02 Å². The number of piperidine rings is 1. The Morgan fingerprint density at radius 1 is 1.29 bits per heavy atom. The van der Waals surface area contributed by atoms with Crippen molar-refractivity contribution in [2.75, 3.05) is 26.7 Å². The molecule has 1 aromatic heterocycles. The smallest absolute Gasteiger partial charge is 0.308 e. The number of ether oxygens (including phenoxy) is 1. The monoisotopic (exact) mass is 492 g/mol. The van der Waals surface area contributed by atoms with Gasteiger partial charge in [0.15, 0.2) is 0 Å². The molecule has 1 fully saturated rings. The van der Waals surface area contributed by atoms with Crippen molar-refractivity contribution in [2.24, 2.45) is 11.8 Å². The maximum atomic E-state index is 12.0. The van der Waals surface area contributed by atoms with Crippen molar-refractivity contribution in [1.29, 1.82) is 0 Å². The molecule has 6 nitrogen and oxygen atoms in total. The molecule has 0 spiro atoms. The van der Waals surface area contributed by atoms with Crippen LogP contribution in [0.1, 0.15) is 36.5 Å². The molecular formula is C28H29ClN2O4. The number of carboxylic acid groups (broad SMARTS) is 1. The summed E-state index contributed by atoms with van der Waals surface area (Å²) in [6.45, 7) is 1.75. The molecule has 1 aliphatic heterocycles. The van der Waals surface area contributed by atoms with Crippen molar-refractivity contribution in [2.45, 2.75) is 25.4 Å². The minimum Gasteiger partial charge on any atom is -0.497 e. The van der Waals surface area contributed by atoms with Crippen molar-refractivity contribution in [3.8, 4) is 17.6 Å². The van der Waals surface area contributed by atoms with E-state index in [1.165, 1.54) is 0 Å². The van der Waals surface area contributed by atoms with Crippen LogP contribution in [0.25, 0.3) is 10.9 Å². The Morgan fingerprint density at radius 2 is 2.14 bits per heavy atom. The maximum absolute atomic E-state index is 12.0. The zero-order chi connectivity index (χ0) is 24.8. The summed E-state index contributed by atoms with van der Waals surface area (Å²) in [5, 5.41) is 22.4. The summed E-state index contributed by atoms with van der Waals surface area (Å²) in [4.78, 5) is 18.5. The zero-order valence-corrected chi connectivity index (χ0v) is 20.4. The molecule has 4 rings (SSSR count). The lowest BCUT2D eigenvalue weighted by Gasteiger charge is -2.36. The highest BCUT2D eigenvalue weighted by molar-refractivity contribution is 6.30. The Hall–Kier alpha value is -3.11. The number of likely N-dealkylation sites (tertiary alicyclic amines) is 1. The number of aliphatic hydroxyl groups excluding tert-OH is 1. The number of pyridine rings is 1. The van der Waals surface area contributed by atoms with E-state index < -0.39 is 18.0 Å². The average molecular weight is 493 g/mol. The molecule has 7 heteroatoms. The van der Waals surface area contributed by atoms with E-state index in [9.17, 15) is 15.0 Å². The van der Waals surface area contributed by atoms with Crippen LogP contribution in [0.15, 0.2) is 54.7 Å². The quantitative estimate of drug-likeness (QED) is 0.462. The number of hydrogen-bond donors (Lipinski definition) is 2. The van der Waals surface area contributed by atoms with E-state index in [2.05, 4.69) is 21.7 Å². The Morgan fingerprint density at radius 3 is 2.91 bits per heavy atom. The Labute approximate surface area is 210 Å². The Kier molecular flexibility index (Phi) is 8.25. The first-order chi connectivity index (χ1) is 16.9. The molecule has 1 aliphatic rings. The molecule has 0 aliphatic carbocycles. The first-order valence-corrected chi connectivity index (χ1v) is 12.1. The summed E-state index contributed by atoms with van der Waals surface area (Å²) in [5.74, 6) is 5.66. The van der Waals surface area contributed by atoms with Gasteiger partial charge in [-0.15, -0.1) is 0 Å². The summed E-state index contributed by atoms with van der Waals surface area (Å²) >= 11 is 6.01. The van der Waals surface area contributed by atoms with E-state index in [0.29, 0.717) is 36.7 Å². The standard InChI is InChI=1S/C28H29ClN2O4/c1-35-22-8-9-26-24(17-22)23(11-13-30-26)27(32)10-7-20-12-15-31(18-25(20)28(33)34)14-3-5-19-4-2-6-21(29)16-19/h2,4,6,8-9,11,13,16-17,20,25,27,32H,7,10,12,14-15,18H2,1H3,(H,33,34)/t20-,25+,27?/m1/s1. The summed E-state index contributed by atoms with van der Waals surface area (Å²) in [5.41, 5.74) is 2.42. The number of halogens is 1. The van der Waals surface area contributed by atoms with Gasteiger partial charge in [0.25, 0.3) is 0 Å². The molecule has 2 aromatic carbocycles. The van der Waals surface area contributed by atoms with Crippen LogP contribution >= 0.6 is 11.6 Å². The minimum atomic E-state index is -0.795. The van der Waals surface area contributed by atoms with Gasteiger partial charge in [-0.1, -0.05) is 29.5 Å². The highest BCUT2D eigenvalue weighted by atomic mass is 35.5. The van der Waals surface area contributed by atoms with Gasteiger partial charge < -0.3 is 14.9 Å². The average Bonchev–Trinajstić information content (AvgIpc) is 2.87. The lowest BCUT2D eigenvalue weighted by Crippen LogP contribution is -2.44. The number of benzene rings is 2. The van der Waals surface area contributed by atoms with Gasteiger partial charge in [0.05, 0.1) is 31.2 Å². The number of hydrogen-bond acceptors (Lipinski definition) is 5. The number of rotatable bonds is 7. The summed E-state index contributed by atoms with van der Waals surface area (Å²) in [6.07, 6.45) is 2.86. The highest BCUT2D eigenvalue weighted by Gasteiger charge is 2.34. The molecule has 3 aromatic rings. The fourth-order valence-corrected chi connectivity index (χ4v) is 4.94. The van der Waals surface area contributed by atoms with Crippen LogP contribution in [0.4, 0.5) is 0 Å². The van der Waals surface area contributed by atoms with Crippen LogP contribution in [0.5, 0.6) is 5.75 Å². The van der Waals surface area contributed by atoms with Gasteiger partial charge in [-0.25, -0.2) is 0 Å². The van der Waals surface area contributed by atoms with E-state index in [4.69, 9.17) is 16.3 Å². The molecule has 0 amide bonds. The van der Waals surface area contributed by atoms with Gasteiger partial charge in [-0.05, 0) is 79.8 Å². The number of fused-ring (bicyclic) bond motifs is 1. The predicted molar refractivity (Wildman–Crippen MR) is 136 cm³/mol.